The number of hydrogen-bond acceptors (Lipinski definition) is 5. The van der Waals surface area contributed by atoms with E-state index in [9.17, 15) is 28.0 Å². The number of carbonyl (C=O) groups is 4. The van der Waals surface area contributed by atoms with E-state index in [1.807, 2.05) is 0 Å². The molecule has 1 aliphatic rings. The summed E-state index contributed by atoms with van der Waals surface area (Å²) in [6.07, 6.45) is 0. The van der Waals surface area contributed by atoms with Gasteiger partial charge >= 0.3 is 5.97 Å². The molecule has 0 N–H and O–H groups in total. The highest BCUT2D eigenvalue weighted by Crippen LogP contribution is 2.23. The average Bonchev–Trinajstić information content (AvgIpc) is 2.85. The number of nitrogens with zero attached hydrogens (tertiary/aromatic N) is 1. The van der Waals surface area contributed by atoms with Crippen LogP contribution in [0.1, 0.15) is 41.4 Å². The molecule has 0 saturated heterocycles. The Labute approximate surface area is 146 Å². The predicted octanol–water partition coefficient (Wildman–Crippen LogP) is 2.23. The predicted molar refractivity (Wildman–Crippen MR) is 83.8 cm³/mol. The molecule has 0 fully saturated rings. The van der Waals surface area contributed by atoms with Crippen LogP contribution in [0.5, 0.6) is 0 Å². The van der Waals surface area contributed by atoms with Crippen molar-refractivity contribution in [3.05, 3.63) is 70.3 Å². The topological polar surface area (TPSA) is 80.8 Å². The standard InChI is InChI=1S/C18H11F2NO5/c1-21-16(23)11-4-2-9(6-12(11)17(21)24)18(25)26-8-15(22)13-7-10(19)3-5-14(13)20/h2-7H,8H2,1H3. The molecule has 6 nitrogen and oxygen atoms in total. The molecule has 0 radical (unpaired) electrons. The first kappa shape index (κ1) is 17.4. The van der Waals surface area contributed by atoms with Gasteiger partial charge in [-0.25, -0.2) is 13.6 Å². The molecule has 2 aromatic rings. The van der Waals surface area contributed by atoms with Crippen molar-refractivity contribution in [3.8, 4) is 0 Å². The molecule has 26 heavy (non-hydrogen) atoms. The van der Waals surface area contributed by atoms with Gasteiger partial charge in [0.2, 0.25) is 5.78 Å². The van der Waals surface area contributed by atoms with Gasteiger partial charge in [-0.05, 0) is 36.4 Å². The van der Waals surface area contributed by atoms with Crippen LogP contribution in [0.4, 0.5) is 8.78 Å². The minimum atomic E-state index is -0.937. The Bertz CT molecular complexity index is 970. The summed E-state index contributed by atoms with van der Waals surface area (Å²) in [5, 5.41) is 0. The van der Waals surface area contributed by atoms with Crippen molar-refractivity contribution < 1.29 is 32.7 Å². The lowest BCUT2D eigenvalue weighted by molar-refractivity contribution is 0.0473. The number of benzene rings is 2. The fraction of sp³-hybridized carbons (Fsp3) is 0.111. The van der Waals surface area contributed by atoms with E-state index in [1.165, 1.54) is 25.2 Å². The molecule has 8 heteroatoms. The highest BCUT2D eigenvalue weighted by molar-refractivity contribution is 6.21. The van der Waals surface area contributed by atoms with Gasteiger partial charge < -0.3 is 4.74 Å². The maximum absolute atomic E-state index is 13.5. The molecule has 0 unspecified atom stereocenters. The third-order valence-corrected chi connectivity index (χ3v) is 3.89. The van der Waals surface area contributed by atoms with Crippen LogP contribution < -0.4 is 0 Å². The van der Waals surface area contributed by atoms with Crippen molar-refractivity contribution in [2.75, 3.05) is 13.7 Å². The van der Waals surface area contributed by atoms with Gasteiger partial charge in [0.05, 0.1) is 22.3 Å². The second kappa shape index (κ2) is 6.47. The Kier molecular flexibility index (Phi) is 4.33. The fourth-order valence-electron chi connectivity index (χ4n) is 2.49. The molecule has 0 spiro atoms. The Morgan fingerprint density at radius 1 is 1.00 bits per heavy atom. The van der Waals surface area contributed by atoms with Gasteiger partial charge in [0.15, 0.2) is 6.61 Å². The zero-order valence-corrected chi connectivity index (χ0v) is 13.4. The summed E-state index contributed by atoms with van der Waals surface area (Å²) >= 11 is 0. The van der Waals surface area contributed by atoms with Gasteiger partial charge in [-0.1, -0.05) is 0 Å². The van der Waals surface area contributed by atoms with E-state index < -0.39 is 47.4 Å². The highest BCUT2D eigenvalue weighted by atomic mass is 19.1. The van der Waals surface area contributed by atoms with Crippen molar-refractivity contribution in [2.24, 2.45) is 0 Å². The second-order valence-corrected chi connectivity index (χ2v) is 5.55. The lowest BCUT2D eigenvalue weighted by atomic mass is 10.1. The number of hydrogen-bond donors (Lipinski definition) is 0. The van der Waals surface area contributed by atoms with Crippen LogP contribution in [-0.2, 0) is 4.74 Å². The number of esters is 1. The van der Waals surface area contributed by atoms with E-state index in [1.54, 1.807) is 0 Å². The second-order valence-electron chi connectivity index (χ2n) is 5.55. The highest BCUT2D eigenvalue weighted by Gasteiger charge is 2.33. The van der Waals surface area contributed by atoms with Gasteiger partial charge in [-0.2, -0.15) is 0 Å². The van der Waals surface area contributed by atoms with E-state index in [-0.39, 0.29) is 16.7 Å². The number of fused-ring (bicyclic) bond motifs is 1. The van der Waals surface area contributed by atoms with Gasteiger partial charge in [0.1, 0.15) is 11.6 Å². The quantitative estimate of drug-likeness (QED) is 0.475. The summed E-state index contributed by atoms with van der Waals surface area (Å²) in [6, 6.07) is 6.14. The van der Waals surface area contributed by atoms with E-state index in [4.69, 9.17) is 4.74 Å². The Hall–Kier alpha value is -3.42. The van der Waals surface area contributed by atoms with Crippen molar-refractivity contribution >= 4 is 23.6 Å². The van der Waals surface area contributed by atoms with Crippen LogP contribution in [0.15, 0.2) is 36.4 Å². The number of amides is 2. The molecule has 0 atom stereocenters. The number of ether oxygens (including phenoxy) is 1. The van der Waals surface area contributed by atoms with Crippen LogP contribution in [-0.4, -0.2) is 42.1 Å². The first-order valence-corrected chi connectivity index (χ1v) is 7.41. The number of Topliss-reactive ketones (excluding diaryl/α,β-unsaturated/α-hetero) is 1. The number of carbonyl (C=O) groups excluding carboxylic acids is 4. The molecule has 132 valence electrons. The Balaban J connectivity index is 1.74. The Morgan fingerprint density at radius 2 is 1.69 bits per heavy atom. The van der Waals surface area contributed by atoms with Gasteiger partial charge in [-0.3, -0.25) is 19.3 Å². The zero-order chi connectivity index (χ0) is 19.0. The fourth-order valence-corrected chi connectivity index (χ4v) is 2.49. The lowest BCUT2D eigenvalue weighted by Crippen LogP contribution is -2.24. The van der Waals surface area contributed by atoms with Gasteiger partial charge in [-0.15, -0.1) is 0 Å². The third kappa shape index (κ3) is 2.97. The SMILES string of the molecule is CN1C(=O)c2ccc(C(=O)OCC(=O)c3cc(F)ccc3F)cc2C1=O. The molecule has 3 rings (SSSR count). The average molecular weight is 359 g/mol. The molecule has 0 aliphatic carbocycles. The molecular weight excluding hydrogens is 348 g/mol. The summed E-state index contributed by atoms with van der Waals surface area (Å²) < 4.78 is 31.4. The van der Waals surface area contributed by atoms with Crippen molar-refractivity contribution in [1.29, 1.82) is 0 Å². The molecular formula is C18H11F2NO5. The summed E-state index contributed by atoms with van der Waals surface area (Å²) in [4.78, 5) is 48.6. The molecule has 2 amide bonds. The van der Waals surface area contributed by atoms with Crippen LogP contribution in [0.2, 0.25) is 0 Å². The summed E-state index contributed by atoms with van der Waals surface area (Å²) in [6.45, 7) is -0.803. The first-order chi connectivity index (χ1) is 12.3. The molecule has 2 aromatic carbocycles. The normalized spacial score (nSPS) is 13.0. The van der Waals surface area contributed by atoms with E-state index in [0.29, 0.717) is 6.07 Å². The van der Waals surface area contributed by atoms with Gasteiger partial charge in [0, 0.05) is 7.05 Å². The molecule has 0 saturated carbocycles. The van der Waals surface area contributed by atoms with Gasteiger partial charge in [0.25, 0.3) is 11.8 Å². The summed E-state index contributed by atoms with van der Waals surface area (Å²) in [5.74, 6) is -4.63. The molecule has 0 aromatic heterocycles. The number of imide groups is 1. The number of rotatable bonds is 4. The molecule has 1 aliphatic heterocycles. The van der Waals surface area contributed by atoms with Crippen molar-refractivity contribution in [2.45, 2.75) is 0 Å². The van der Waals surface area contributed by atoms with Crippen LogP contribution in [0.3, 0.4) is 0 Å². The largest absolute Gasteiger partial charge is 0.454 e. The van der Waals surface area contributed by atoms with Crippen molar-refractivity contribution in [1.82, 2.24) is 4.90 Å². The Morgan fingerprint density at radius 3 is 2.42 bits per heavy atom. The van der Waals surface area contributed by atoms with E-state index >= 15 is 0 Å². The lowest BCUT2D eigenvalue weighted by Gasteiger charge is -2.06. The minimum absolute atomic E-state index is 0.0484. The number of ketones is 1. The van der Waals surface area contributed by atoms with Crippen LogP contribution in [0, 0.1) is 11.6 Å². The molecule has 0 bridgehead atoms. The van der Waals surface area contributed by atoms with Crippen LogP contribution in [0.25, 0.3) is 0 Å². The summed E-state index contributed by atoms with van der Waals surface area (Å²) in [5.41, 5.74) is -0.372. The third-order valence-electron chi connectivity index (χ3n) is 3.89. The molecule has 1 heterocycles. The maximum atomic E-state index is 13.5. The van der Waals surface area contributed by atoms with Crippen molar-refractivity contribution in [3.63, 3.8) is 0 Å². The van der Waals surface area contributed by atoms with Crippen LogP contribution >= 0.6 is 0 Å². The van der Waals surface area contributed by atoms with E-state index in [0.717, 1.165) is 17.0 Å². The zero-order valence-electron chi connectivity index (χ0n) is 13.4. The first-order valence-electron chi connectivity index (χ1n) is 7.41. The smallest absolute Gasteiger partial charge is 0.338 e. The minimum Gasteiger partial charge on any atom is -0.454 e. The van der Waals surface area contributed by atoms with E-state index in [2.05, 4.69) is 0 Å². The monoisotopic (exact) mass is 359 g/mol. The maximum Gasteiger partial charge on any atom is 0.338 e. The number of halogens is 2. The summed E-state index contributed by atoms with van der Waals surface area (Å²) in [7, 11) is 1.31.